The molecule has 0 unspecified atom stereocenters. The van der Waals surface area contributed by atoms with Gasteiger partial charge in [-0.25, -0.2) is 4.79 Å². The van der Waals surface area contributed by atoms with Crippen LogP contribution in [0.1, 0.15) is 12.6 Å². The predicted molar refractivity (Wildman–Crippen MR) is 108 cm³/mol. The number of benzene rings is 1. The minimum absolute atomic E-state index is 0.360. The van der Waals surface area contributed by atoms with Crippen molar-refractivity contribution in [3.63, 3.8) is 0 Å². The van der Waals surface area contributed by atoms with Crippen LogP contribution >= 0.6 is 0 Å². The summed E-state index contributed by atoms with van der Waals surface area (Å²) in [5.74, 6) is 1.32. The fraction of sp³-hybridized carbons (Fsp3) is 0.250. The van der Waals surface area contributed by atoms with Crippen LogP contribution in [0.2, 0.25) is 0 Å². The van der Waals surface area contributed by atoms with E-state index in [9.17, 15) is 9.59 Å². The number of hydrogen-bond donors (Lipinski definition) is 0. The third-order valence-corrected chi connectivity index (χ3v) is 4.72. The van der Waals surface area contributed by atoms with Crippen molar-refractivity contribution in [2.75, 3.05) is 6.61 Å². The molecule has 8 heteroatoms. The number of fused-ring (bicyclic) bond motifs is 3. The van der Waals surface area contributed by atoms with Crippen LogP contribution in [0.25, 0.3) is 22.6 Å². The lowest BCUT2D eigenvalue weighted by Crippen LogP contribution is -2.37. The number of imidazole rings is 2. The molecule has 3 aromatic heterocycles. The molecule has 0 bridgehead atoms. The second-order valence-electron chi connectivity index (χ2n) is 7.01. The zero-order valence-electron chi connectivity index (χ0n) is 16.3. The molecule has 0 aliphatic rings. The van der Waals surface area contributed by atoms with Crippen molar-refractivity contribution >= 4 is 16.9 Å². The van der Waals surface area contributed by atoms with Gasteiger partial charge < -0.3 is 4.74 Å². The topological polar surface area (TPSA) is 75.5 Å². The second kappa shape index (κ2) is 6.26. The van der Waals surface area contributed by atoms with Crippen molar-refractivity contribution in [2.24, 2.45) is 14.1 Å². The Labute approximate surface area is 160 Å². The van der Waals surface area contributed by atoms with E-state index in [0.29, 0.717) is 23.5 Å². The van der Waals surface area contributed by atoms with Crippen molar-refractivity contribution in [3.05, 3.63) is 69.1 Å². The summed E-state index contributed by atoms with van der Waals surface area (Å²) in [7, 11) is 3.08. The second-order valence-corrected chi connectivity index (χ2v) is 7.01. The molecule has 0 spiro atoms. The summed E-state index contributed by atoms with van der Waals surface area (Å²) >= 11 is 0. The fourth-order valence-corrected chi connectivity index (χ4v) is 3.30. The lowest BCUT2D eigenvalue weighted by molar-refractivity contribution is 0.352. The zero-order valence-corrected chi connectivity index (χ0v) is 16.3. The van der Waals surface area contributed by atoms with E-state index < -0.39 is 5.69 Å². The van der Waals surface area contributed by atoms with Crippen LogP contribution in [-0.2, 0) is 14.1 Å². The molecule has 28 heavy (non-hydrogen) atoms. The molecule has 1 aromatic carbocycles. The molecule has 3 heterocycles. The van der Waals surface area contributed by atoms with E-state index in [0.717, 1.165) is 27.3 Å². The maximum absolute atomic E-state index is 12.7. The average Bonchev–Trinajstić information content (AvgIpc) is 3.18. The first-order valence-corrected chi connectivity index (χ1v) is 8.83. The quantitative estimate of drug-likeness (QED) is 0.508. The Morgan fingerprint density at radius 1 is 1.14 bits per heavy atom. The normalized spacial score (nSPS) is 11.4. The maximum atomic E-state index is 12.7. The van der Waals surface area contributed by atoms with Gasteiger partial charge in [0.25, 0.3) is 5.56 Å². The Bertz CT molecular complexity index is 1350. The van der Waals surface area contributed by atoms with Crippen molar-refractivity contribution in [2.45, 2.75) is 13.8 Å². The average molecular weight is 379 g/mol. The Kier molecular flexibility index (Phi) is 3.99. The van der Waals surface area contributed by atoms with E-state index >= 15 is 0 Å². The first-order chi connectivity index (χ1) is 13.3. The largest absolute Gasteiger partial charge is 0.489 e. The van der Waals surface area contributed by atoms with Crippen LogP contribution in [0.3, 0.4) is 0 Å². The molecule has 0 radical (unpaired) electrons. The summed E-state index contributed by atoms with van der Waals surface area (Å²) in [6, 6.07) is 7.62. The Balaban J connectivity index is 1.91. The van der Waals surface area contributed by atoms with Crippen molar-refractivity contribution in [1.29, 1.82) is 0 Å². The zero-order chi connectivity index (χ0) is 20.2. The SMILES string of the molecule is C=C(C)COc1ccc(-n2c(C)cn3c4c(=O)n(C)c(=O)n(C)c4nc23)cc1. The summed E-state index contributed by atoms with van der Waals surface area (Å²) in [5, 5.41) is 0. The number of hydrogen-bond acceptors (Lipinski definition) is 4. The number of aromatic nitrogens is 5. The van der Waals surface area contributed by atoms with Gasteiger partial charge in [-0.3, -0.25) is 22.9 Å². The third kappa shape index (κ3) is 2.57. The molecule has 4 rings (SSSR count). The molecule has 0 aliphatic carbocycles. The Hall–Kier alpha value is -3.55. The minimum Gasteiger partial charge on any atom is -0.489 e. The molecular formula is C20H21N5O3. The molecule has 8 nitrogen and oxygen atoms in total. The van der Waals surface area contributed by atoms with Crippen molar-refractivity contribution in [3.8, 4) is 11.4 Å². The first kappa shape index (κ1) is 17.8. The standard InChI is InChI=1S/C20H21N5O3/c1-12(2)11-28-15-8-6-14(7-9-15)25-13(3)10-24-16-17(21-19(24)25)22(4)20(27)23(5)18(16)26/h6-10H,1,11H2,2-5H3. The maximum Gasteiger partial charge on any atom is 0.332 e. The van der Waals surface area contributed by atoms with Crippen LogP contribution in [0.5, 0.6) is 5.75 Å². The molecule has 4 aromatic rings. The van der Waals surface area contributed by atoms with Gasteiger partial charge in [-0.05, 0) is 43.7 Å². The number of rotatable bonds is 4. The van der Waals surface area contributed by atoms with E-state index in [1.54, 1.807) is 11.4 Å². The van der Waals surface area contributed by atoms with Crippen molar-refractivity contribution < 1.29 is 4.74 Å². The van der Waals surface area contributed by atoms with Crippen LogP contribution in [0.15, 0.2) is 52.2 Å². The van der Waals surface area contributed by atoms with Gasteiger partial charge in [0.15, 0.2) is 11.2 Å². The lowest BCUT2D eigenvalue weighted by atomic mass is 10.3. The minimum atomic E-state index is -0.402. The molecule has 0 N–H and O–H groups in total. The van der Waals surface area contributed by atoms with Gasteiger partial charge in [-0.1, -0.05) is 6.58 Å². The molecule has 0 atom stereocenters. The number of aryl methyl sites for hydroxylation is 2. The Morgan fingerprint density at radius 3 is 2.46 bits per heavy atom. The lowest BCUT2D eigenvalue weighted by Gasteiger charge is -2.09. The van der Waals surface area contributed by atoms with Crippen LogP contribution in [0, 0.1) is 6.92 Å². The summed E-state index contributed by atoms with van der Waals surface area (Å²) in [5.41, 5.74) is 2.71. The number of nitrogens with zero attached hydrogens (tertiary/aromatic N) is 5. The van der Waals surface area contributed by atoms with E-state index in [4.69, 9.17) is 4.74 Å². The third-order valence-electron chi connectivity index (χ3n) is 4.72. The highest BCUT2D eigenvalue weighted by Gasteiger charge is 2.19. The van der Waals surface area contributed by atoms with E-state index in [2.05, 4.69) is 11.6 Å². The first-order valence-electron chi connectivity index (χ1n) is 8.83. The summed E-state index contributed by atoms with van der Waals surface area (Å²) in [6.07, 6.45) is 1.85. The number of ether oxygens (including phenoxy) is 1. The van der Waals surface area contributed by atoms with E-state index in [1.807, 2.05) is 48.9 Å². The molecule has 0 saturated carbocycles. The summed E-state index contributed by atoms with van der Waals surface area (Å²) in [6.45, 7) is 8.15. The van der Waals surface area contributed by atoms with Crippen molar-refractivity contribution in [1.82, 2.24) is 23.1 Å². The molecule has 0 amide bonds. The van der Waals surface area contributed by atoms with Crippen LogP contribution in [0.4, 0.5) is 0 Å². The summed E-state index contributed by atoms with van der Waals surface area (Å²) in [4.78, 5) is 29.5. The van der Waals surface area contributed by atoms with E-state index in [1.165, 1.54) is 11.6 Å². The van der Waals surface area contributed by atoms with Crippen LogP contribution < -0.4 is 16.0 Å². The predicted octanol–water partition coefficient (Wildman–Crippen LogP) is 1.94. The fourth-order valence-electron chi connectivity index (χ4n) is 3.30. The van der Waals surface area contributed by atoms with Gasteiger partial charge in [0.05, 0.1) is 0 Å². The molecule has 0 saturated heterocycles. The highest BCUT2D eigenvalue weighted by atomic mass is 16.5. The van der Waals surface area contributed by atoms with Crippen LogP contribution in [-0.4, -0.2) is 29.7 Å². The van der Waals surface area contributed by atoms with Gasteiger partial charge in [-0.2, -0.15) is 4.98 Å². The highest BCUT2D eigenvalue weighted by molar-refractivity contribution is 5.76. The molecule has 144 valence electrons. The molecule has 0 fully saturated rings. The van der Waals surface area contributed by atoms with Gasteiger partial charge >= 0.3 is 5.69 Å². The van der Waals surface area contributed by atoms with E-state index in [-0.39, 0.29) is 5.56 Å². The monoisotopic (exact) mass is 379 g/mol. The molecule has 0 aliphatic heterocycles. The summed E-state index contributed by atoms with van der Waals surface area (Å²) < 4.78 is 11.8. The van der Waals surface area contributed by atoms with Gasteiger partial charge in [-0.15, -0.1) is 0 Å². The molecular weight excluding hydrogens is 358 g/mol. The van der Waals surface area contributed by atoms with Gasteiger partial charge in [0.1, 0.15) is 12.4 Å². The van der Waals surface area contributed by atoms with Gasteiger partial charge in [0.2, 0.25) is 5.78 Å². The Morgan fingerprint density at radius 2 is 1.82 bits per heavy atom. The highest BCUT2D eigenvalue weighted by Crippen LogP contribution is 2.23. The smallest absolute Gasteiger partial charge is 0.332 e. The van der Waals surface area contributed by atoms with Gasteiger partial charge in [0, 0.05) is 31.7 Å².